The third-order valence-corrected chi connectivity index (χ3v) is 3.33. The monoisotopic (exact) mass is 271 g/mol. The lowest BCUT2D eigenvalue weighted by Crippen LogP contribution is -2.30. The number of esters is 1. The molecule has 98 valence electrons. The highest BCUT2D eigenvalue weighted by Crippen LogP contribution is 2.11. The fourth-order valence-electron chi connectivity index (χ4n) is 1.12. The van der Waals surface area contributed by atoms with Crippen LogP contribution in [0.1, 0.15) is 17.3 Å². The molecule has 1 amide bonds. The van der Waals surface area contributed by atoms with Crippen LogP contribution in [0.3, 0.4) is 0 Å². The Hall–Kier alpha value is -1.89. The number of ether oxygens (including phenoxy) is 1. The highest BCUT2D eigenvalue weighted by Gasteiger charge is 2.16. The van der Waals surface area contributed by atoms with E-state index in [1.54, 1.807) is 0 Å². The van der Waals surface area contributed by atoms with Crippen molar-refractivity contribution in [3.8, 4) is 0 Å². The third-order valence-electron chi connectivity index (χ3n) is 2.20. The van der Waals surface area contributed by atoms with Crippen LogP contribution in [0.25, 0.3) is 0 Å². The predicted molar refractivity (Wildman–Crippen MR) is 63.6 cm³/mol. The van der Waals surface area contributed by atoms with E-state index < -0.39 is 27.8 Å². The number of carbonyl (C=O) groups excluding carboxylic acids is 2. The quantitative estimate of drug-likeness (QED) is 0.783. The summed E-state index contributed by atoms with van der Waals surface area (Å²) < 4.78 is 27.2. The molecule has 0 aliphatic heterocycles. The van der Waals surface area contributed by atoms with Gasteiger partial charge in [-0.2, -0.15) is 0 Å². The minimum absolute atomic E-state index is 0.0991. The summed E-state index contributed by atoms with van der Waals surface area (Å²) in [5, 5.41) is 0. The molecule has 0 aliphatic rings. The van der Waals surface area contributed by atoms with Gasteiger partial charge in [0.1, 0.15) is 0 Å². The fraction of sp³-hybridized carbons (Fsp3) is 0.273. The maximum atomic E-state index is 11.5. The summed E-state index contributed by atoms with van der Waals surface area (Å²) in [6.07, 6.45) is 0.0299. The minimum Gasteiger partial charge on any atom is -0.449 e. The largest absolute Gasteiger partial charge is 0.449 e. The van der Waals surface area contributed by atoms with E-state index in [-0.39, 0.29) is 10.5 Å². The van der Waals surface area contributed by atoms with E-state index in [1.807, 2.05) is 0 Å². The molecule has 0 heterocycles. The van der Waals surface area contributed by atoms with E-state index in [1.165, 1.54) is 31.2 Å². The van der Waals surface area contributed by atoms with Crippen LogP contribution in [0.2, 0.25) is 0 Å². The van der Waals surface area contributed by atoms with Crippen molar-refractivity contribution in [3.63, 3.8) is 0 Å². The topological polar surface area (TPSA) is 104 Å². The number of rotatable bonds is 4. The molecular weight excluding hydrogens is 258 g/mol. The minimum atomic E-state index is -3.31. The van der Waals surface area contributed by atoms with Crippen molar-refractivity contribution in [2.75, 3.05) is 6.26 Å². The maximum absolute atomic E-state index is 11.5. The number of hydrogen-bond donors (Lipinski definition) is 1. The number of amides is 1. The average molecular weight is 271 g/mol. The smallest absolute Gasteiger partial charge is 0.338 e. The zero-order valence-electron chi connectivity index (χ0n) is 9.91. The van der Waals surface area contributed by atoms with Crippen LogP contribution < -0.4 is 5.73 Å². The second-order valence-corrected chi connectivity index (χ2v) is 5.76. The van der Waals surface area contributed by atoms with Crippen LogP contribution in [0.4, 0.5) is 0 Å². The molecule has 0 unspecified atom stereocenters. The molecule has 0 aliphatic carbocycles. The lowest BCUT2D eigenvalue weighted by molar-refractivity contribution is -0.125. The van der Waals surface area contributed by atoms with E-state index in [2.05, 4.69) is 0 Å². The molecule has 18 heavy (non-hydrogen) atoms. The number of hydrogen-bond acceptors (Lipinski definition) is 5. The molecule has 0 saturated carbocycles. The first-order chi connectivity index (χ1) is 8.21. The molecule has 1 aromatic carbocycles. The zero-order valence-corrected chi connectivity index (χ0v) is 10.7. The summed E-state index contributed by atoms with van der Waals surface area (Å²) in [6, 6.07) is 5.21. The zero-order chi connectivity index (χ0) is 13.9. The molecule has 6 nitrogen and oxygen atoms in total. The van der Waals surface area contributed by atoms with Crippen molar-refractivity contribution in [1.29, 1.82) is 0 Å². The van der Waals surface area contributed by atoms with Crippen LogP contribution in [0.15, 0.2) is 29.2 Å². The SMILES string of the molecule is C[C@@H](OC(=O)c1ccc(S(C)(=O)=O)cc1)C(N)=O. The van der Waals surface area contributed by atoms with Gasteiger partial charge in [0.15, 0.2) is 15.9 Å². The molecule has 1 atom stereocenters. The van der Waals surface area contributed by atoms with Crippen molar-refractivity contribution >= 4 is 21.7 Å². The predicted octanol–water partition coefficient (Wildman–Crippen LogP) is 0.121. The van der Waals surface area contributed by atoms with Gasteiger partial charge in [-0.1, -0.05) is 0 Å². The van der Waals surface area contributed by atoms with Crippen LogP contribution >= 0.6 is 0 Å². The average Bonchev–Trinajstić information content (AvgIpc) is 2.27. The van der Waals surface area contributed by atoms with Crippen LogP contribution in [-0.4, -0.2) is 32.7 Å². The molecule has 1 aromatic rings. The molecule has 0 aromatic heterocycles. The first-order valence-electron chi connectivity index (χ1n) is 5.02. The van der Waals surface area contributed by atoms with Gasteiger partial charge >= 0.3 is 5.97 Å². The van der Waals surface area contributed by atoms with Crippen molar-refractivity contribution in [3.05, 3.63) is 29.8 Å². The molecule has 0 bridgehead atoms. The number of sulfone groups is 1. The molecule has 0 spiro atoms. The Morgan fingerprint density at radius 3 is 2.11 bits per heavy atom. The van der Waals surface area contributed by atoms with Gasteiger partial charge in [-0.05, 0) is 31.2 Å². The maximum Gasteiger partial charge on any atom is 0.338 e. The fourth-order valence-corrected chi connectivity index (χ4v) is 1.76. The summed E-state index contributed by atoms with van der Waals surface area (Å²) in [4.78, 5) is 22.4. The lowest BCUT2D eigenvalue weighted by Gasteiger charge is -2.09. The number of primary amides is 1. The first kappa shape index (κ1) is 14.2. The van der Waals surface area contributed by atoms with Crippen molar-refractivity contribution in [2.24, 2.45) is 5.73 Å². The second-order valence-electron chi connectivity index (χ2n) is 3.75. The van der Waals surface area contributed by atoms with E-state index in [0.29, 0.717) is 0 Å². The summed E-state index contributed by atoms with van der Waals surface area (Å²) in [7, 11) is -3.31. The molecule has 0 fully saturated rings. The van der Waals surface area contributed by atoms with Gasteiger partial charge in [0, 0.05) is 6.26 Å². The van der Waals surface area contributed by atoms with Gasteiger partial charge in [0.25, 0.3) is 5.91 Å². The molecule has 0 saturated heterocycles. The highest BCUT2D eigenvalue weighted by molar-refractivity contribution is 7.90. The Bertz CT molecular complexity index is 562. The Kier molecular flexibility index (Phi) is 4.07. The summed E-state index contributed by atoms with van der Waals surface area (Å²) in [6.45, 7) is 1.35. The van der Waals surface area contributed by atoms with E-state index in [4.69, 9.17) is 10.5 Å². The van der Waals surface area contributed by atoms with Gasteiger partial charge in [0.2, 0.25) is 0 Å². The second kappa shape index (κ2) is 5.18. The normalized spacial score (nSPS) is 12.8. The van der Waals surface area contributed by atoms with Gasteiger partial charge in [-0.15, -0.1) is 0 Å². The van der Waals surface area contributed by atoms with E-state index in [0.717, 1.165) is 6.26 Å². The summed E-state index contributed by atoms with van der Waals surface area (Å²) in [5.41, 5.74) is 5.10. The van der Waals surface area contributed by atoms with E-state index >= 15 is 0 Å². The number of carbonyl (C=O) groups is 2. The number of nitrogens with two attached hydrogens (primary N) is 1. The molecular formula is C11H13NO5S. The number of benzene rings is 1. The van der Waals surface area contributed by atoms with Crippen molar-refractivity contribution in [2.45, 2.75) is 17.9 Å². The van der Waals surface area contributed by atoms with Crippen molar-refractivity contribution < 1.29 is 22.7 Å². The van der Waals surface area contributed by atoms with Crippen molar-refractivity contribution in [1.82, 2.24) is 0 Å². The molecule has 0 radical (unpaired) electrons. The summed E-state index contributed by atoms with van der Waals surface area (Å²) >= 11 is 0. The molecule has 1 rings (SSSR count). The van der Waals surface area contributed by atoms with Crippen LogP contribution in [0, 0.1) is 0 Å². The summed E-state index contributed by atoms with van der Waals surface area (Å²) in [5.74, 6) is -1.49. The lowest BCUT2D eigenvalue weighted by atomic mass is 10.2. The Labute approximate surface area is 105 Å². The Balaban J connectivity index is 2.86. The highest BCUT2D eigenvalue weighted by atomic mass is 32.2. The third kappa shape index (κ3) is 3.56. The van der Waals surface area contributed by atoms with Crippen LogP contribution in [-0.2, 0) is 19.4 Å². The van der Waals surface area contributed by atoms with Gasteiger partial charge in [-0.3, -0.25) is 4.79 Å². The molecule has 7 heteroatoms. The standard InChI is InChI=1S/C11H13NO5S/c1-7(10(12)13)17-11(14)8-3-5-9(6-4-8)18(2,15)16/h3-7H,1-2H3,(H2,12,13)/t7-/m1/s1. The van der Waals surface area contributed by atoms with Gasteiger partial charge < -0.3 is 10.5 Å². The van der Waals surface area contributed by atoms with Gasteiger partial charge in [0.05, 0.1) is 10.5 Å². The molecule has 2 N–H and O–H groups in total. The Morgan fingerprint density at radius 2 is 1.72 bits per heavy atom. The Morgan fingerprint density at radius 1 is 1.22 bits per heavy atom. The van der Waals surface area contributed by atoms with Crippen LogP contribution in [0.5, 0.6) is 0 Å². The first-order valence-corrected chi connectivity index (χ1v) is 6.91. The van der Waals surface area contributed by atoms with Gasteiger partial charge in [-0.25, -0.2) is 13.2 Å². The van der Waals surface area contributed by atoms with E-state index in [9.17, 15) is 18.0 Å².